The number of esters is 1. The van der Waals surface area contributed by atoms with E-state index in [9.17, 15) is 4.79 Å². The Hall–Kier alpha value is -1.31. The van der Waals surface area contributed by atoms with Gasteiger partial charge >= 0.3 is 5.97 Å². The highest BCUT2D eigenvalue weighted by Crippen LogP contribution is 2.33. The molecule has 0 heterocycles. The van der Waals surface area contributed by atoms with Gasteiger partial charge < -0.3 is 4.74 Å². The second-order valence-corrected chi connectivity index (χ2v) is 6.46. The van der Waals surface area contributed by atoms with E-state index in [0.717, 1.165) is 6.42 Å². The van der Waals surface area contributed by atoms with Crippen molar-refractivity contribution in [2.45, 2.75) is 58.3 Å². The van der Waals surface area contributed by atoms with Crippen molar-refractivity contribution in [2.24, 2.45) is 0 Å². The quantitative estimate of drug-likeness (QED) is 0.776. The van der Waals surface area contributed by atoms with E-state index in [0.29, 0.717) is 6.42 Å². The second kappa shape index (κ2) is 5.36. The zero-order valence-corrected chi connectivity index (χ0v) is 12.5. The van der Waals surface area contributed by atoms with Gasteiger partial charge in [0.2, 0.25) is 0 Å². The lowest BCUT2D eigenvalue weighted by Gasteiger charge is -2.24. The van der Waals surface area contributed by atoms with Crippen LogP contribution in [0.25, 0.3) is 0 Å². The molecule has 0 bridgehead atoms. The summed E-state index contributed by atoms with van der Waals surface area (Å²) in [4.78, 5) is 11.4. The summed E-state index contributed by atoms with van der Waals surface area (Å²) in [6.45, 7) is 6.72. The summed E-state index contributed by atoms with van der Waals surface area (Å²) in [5.41, 5.74) is 5.82. The van der Waals surface area contributed by atoms with Crippen molar-refractivity contribution in [3.63, 3.8) is 0 Å². The predicted octanol–water partition coefficient (Wildman–Crippen LogP) is 3.58. The summed E-state index contributed by atoms with van der Waals surface area (Å²) in [6, 6.07) is 4.70. The molecule has 1 aromatic carbocycles. The average molecular weight is 260 g/mol. The molecule has 19 heavy (non-hydrogen) atoms. The van der Waals surface area contributed by atoms with Crippen molar-refractivity contribution in [3.05, 3.63) is 34.4 Å². The highest BCUT2D eigenvalue weighted by Gasteiger charge is 2.22. The van der Waals surface area contributed by atoms with Gasteiger partial charge in [0.05, 0.1) is 7.11 Å². The van der Waals surface area contributed by atoms with E-state index in [4.69, 9.17) is 4.74 Å². The maximum Gasteiger partial charge on any atom is 0.305 e. The molecule has 0 amide bonds. The van der Waals surface area contributed by atoms with Crippen molar-refractivity contribution < 1.29 is 9.53 Å². The SMILES string of the molecule is COC(=O)CCc1cc2c(cc1C(C)(C)C)CCC2. The van der Waals surface area contributed by atoms with E-state index in [1.54, 1.807) is 0 Å². The molecule has 0 unspecified atom stereocenters. The molecule has 0 fully saturated rings. The van der Waals surface area contributed by atoms with Crippen LogP contribution in [0.5, 0.6) is 0 Å². The van der Waals surface area contributed by atoms with Crippen LogP contribution in [-0.2, 0) is 34.2 Å². The maximum atomic E-state index is 11.4. The molecule has 1 aromatic rings. The summed E-state index contributed by atoms with van der Waals surface area (Å²) in [5.74, 6) is -0.125. The van der Waals surface area contributed by atoms with E-state index in [1.165, 1.54) is 48.6 Å². The second-order valence-electron chi connectivity index (χ2n) is 6.46. The van der Waals surface area contributed by atoms with Gasteiger partial charge in [0.25, 0.3) is 0 Å². The molecular formula is C17H24O2. The van der Waals surface area contributed by atoms with E-state index in [-0.39, 0.29) is 11.4 Å². The van der Waals surface area contributed by atoms with Crippen molar-refractivity contribution in [1.82, 2.24) is 0 Å². The number of hydrogen-bond acceptors (Lipinski definition) is 2. The summed E-state index contributed by atoms with van der Waals surface area (Å²) >= 11 is 0. The number of hydrogen-bond donors (Lipinski definition) is 0. The number of benzene rings is 1. The summed E-state index contributed by atoms with van der Waals surface area (Å²) in [7, 11) is 1.45. The smallest absolute Gasteiger partial charge is 0.305 e. The van der Waals surface area contributed by atoms with Crippen LogP contribution >= 0.6 is 0 Å². The Kier molecular flexibility index (Phi) is 3.98. The third kappa shape index (κ3) is 3.17. The molecule has 0 radical (unpaired) electrons. The average Bonchev–Trinajstić information content (AvgIpc) is 2.80. The Morgan fingerprint density at radius 3 is 2.42 bits per heavy atom. The van der Waals surface area contributed by atoms with Gasteiger partial charge in [-0.25, -0.2) is 0 Å². The standard InChI is InChI=1S/C17H24O2/c1-17(2,3)15-11-13-7-5-6-12(13)10-14(15)8-9-16(18)19-4/h10-11H,5-9H2,1-4H3. The minimum atomic E-state index is -0.125. The van der Waals surface area contributed by atoms with Crippen molar-refractivity contribution in [1.29, 1.82) is 0 Å². The molecule has 0 saturated carbocycles. The normalized spacial score (nSPS) is 14.3. The molecule has 0 aromatic heterocycles. The van der Waals surface area contributed by atoms with Crippen LogP contribution < -0.4 is 0 Å². The predicted molar refractivity (Wildman–Crippen MR) is 77.5 cm³/mol. The molecule has 0 N–H and O–H groups in total. The van der Waals surface area contributed by atoms with Gasteiger partial charge in [0.1, 0.15) is 0 Å². The molecule has 2 rings (SSSR count). The highest BCUT2D eigenvalue weighted by atomic mass is 16.5. The molecule has 104 valence electrons. The zero-order valence-electron chi connectivity index (χ0n) is 12.5. The van der Waals surface area contributed by atoms with Crippen molar-refractivity contribution >= 4 is 5.97 Å². The first-order valence-corrected chi connectivity index (χ1v) is 7.14. The van der Waals surface area contributed by atoms with Crippen molar-refractivity contribution in [3.8, 4) is 0 Å². The third-order valence-corrected chi connectivity index (χ3v) is 3.95. The molecule has 0 aliphatic heterocycles. The van der Waals surface area contributed by atoms with Crippen LogP contribution in [0.4, 0.5) is 0 Å². The molecule has 0 saturated heterocycles. The van der Waals surface area contributed by atoms with Crippen LogP contribution in [0.2, 0.25) is 0 Å². The fraction of sp³-hybridized carbons (Fsp3) is 0.588. The minimum Gasteiger partial charge on any atom is -0.469 e. The fourth-order valence-electron chi connectivity index (χ4n) is 2.92. The lowest BCUT2D eigenvalue weighted by Crippen LogP contribution is -2.16. The van der Waals surface area contributed by atoms with Gasteiger partial charge in [-0.2, -0.15) is 0 Å². The number of carbonyl (C=O) groups is 1. The topological polar surface area (TPSA) is 26.3 Å². The number of fused-ring (bicyclic) bond motifs is 1. The monoisotopic (exact) mass is 260 g/mol. The van der Waals surface area contributed by atoms with E-state index >= 15 is 0 Å². The van der Waals surface area contributed by atoms with Crippen LogP contribution in [-0.4, -0.2) is 13.1 Å². The van der Waals surface area contributed by atoms with E-state index in [1.807, 2.05) is 0 Å². The number of ether oxygens (including phenoxy) is 1. The molecule has 1 aliphatic rings. The number of methoxy groups -OCH3 is 1. The largest absolute Gasteiger partial charge is 0.469 e. The number of rotatable bonds is 3. The Labute approximate surface area is 116 Å². The van der Waals surface area contributed by atoms with Crippen LogP contribution in [0.1, 0.15) is 55.9 Å². The molecule has 2 nitrogen and oxygen atoms in total. The Morgan fingerprint density at radius 2 is 1.84 bits per heavy atom. The van der Waals surface area contributed by atoms with Crippen molar-refractivity contribution in [2.75, 3.05) is 7.11 Å². The summed E-state index contributed by atoms with van der Waals surface area (Å²) in [6.07, 6.45) is 4.91. The molecule has 1 aliphatic carbocycles. The van der Waals surface area contributed by atoms with E-state index < -0.39 is 0 Å². The van der Waals surface area contributed by atoms with Gasteiger partial charge in [-0.15, -0.1) is 0 Å². The lowest BCUT2D eigenvalue weighted by atomic mass is 9.81. The van der Waals surface area contributed by atoms with Gasteiger partial charge in [-0.05, 0) is 53.4 Å². The van der Waals surface area contributed by atoms with Crippen LogP contribution in [0, 0.1) is 0 Å². The number of aryl methyl sites for hydroxylation is 3. The molecule has 0 spiro atoms. The Balaban J connectivity index is 2.32. The highest BCUT2D eigenvalue weighted by molar-refractivity contribution is 5.69. The third-order valence-electron chi connectivity index (χ3n) is 3.95. The van der Waals surface area contributed by atoms with Gasteiger partial charge in [-0.3, -0.25) is 4.79 Å². The van der Waals surface area contributed by atoms with Gasteiger partial charge in [0.15, 0.2) is 0 Å². The summed E-state index contributed by atoms with van der Waals surface area (Å²) in [5, 5.41) is 0. The molecular weight excluding hydrogens is 236 g/mol. The van der Waals surface area contributed by atoms with Gasteiger partial charge in [-0.1, -0.05) is 32.9 Å². The molecule has 2 heteroatoms. The van der Waals surface area contributed by atoms with E-state index in [2.05, 4.69) is 32.9 Å². The maximum absolute atomic E-state index is 11.4. The van der Waals surface area contributed by atoms with Gasteiger partial charge in [0, 0.05) is 6.42 Å². The summed E-state index contributed by atoms with van der Waals surface area (Å²) < 4.78 is 4.75. The minimum absolute atomic E-state index is 0.125. The van der Waals surface area contributed by atoms with Crippen LogP contribution in [0.15, 0.2) is 12.1 Å². The number of carbonyl (C=O) groups excluding carboxylic acids is 1. The first-order chi connectivity index (χ1) is 8.91. The molecule has 0 atom stereocenters. The first-order valence-electron chi connectivity index (χ1n) is 7.14. The van der Waals surface area contributed by atoms with Crippen LogP contribution in [0.3, 0.4) is 0 Å². The Morgan fingerprint density at radius 1 is 1.21 bits per heavy atom. The zero-order chi connectivity index (χ0) is 14.0. The Bertz CT molecular complexity index is 481. The first kappa shape index (κ1) is 14.1. The lowest BCUT2D eigenvalue weighted by molar-refractivity contribution is -0.140. The fourth-order valence-corrected chi connectivity index (χ4v) is 2.92.